The van der Waals surface area contributed by atoms with Crippen LogP contribution in [0.25, 0.3) is 0 Å². The van der Waals surface area contributed by atoms with Crippen LogP contribution in [0.5, 0.6) is 0 Å². The van der Waals surface area contributed by atoms with Gasteiger partial charge in [-0.15, -0.1) is 0 Å². The SMILES string of the molecule is CC(C)CNC(=O)c1ccccc1NC(=O)c1cccc(Br)c1. The molecule has 0 fully saturated rings. The van der Waals surface area contributed by atoms with Crippen molar-refractivity contribution in [2.75, 3.05) is 11.9 Å². The summed E-state index contributed by atoms with van der Waals surface area (Å²) in [6, 6.07) is 14.1. The van der Waals surface area contributed by atoms with Crippen LogP contribution in [0.1, 0.15) is 34.6 Å². The smallest absolute Gasteiger partial charge is 0.255 e. The quantitative estimate of drug-likeness (QED) is 0.827. The molecular weight excluding hydrogens is 356 g/mol. The summed E-state index contributed by atoms with van der Waals surface area (Å²) in [7, 11) is 0. The van der Waals surface area contributed by atoms with Gasteiger partial charge in [-0.3, -0.25) is 9.59 Å². The molecule has 2 N–H and O–H groups in total. The van der Waals surface area contributed by atoms with Crippen molar-refractivity contribution in [3.05, 3.63) is 64.1 Å². The third kappa shape index (κ3) is 4.93. The first kappa shape index (κ1) is 17.2. The van der Waals surface area contributed by atoms with Crippen LogP contribution < -0.4 is 10.6 Å². The summed E-state index contributed by atoms with van der Waals surface area (Å²) in [5.41, 5.74) is 1.48. The van der Waals surface area contributed by atoms with E-state index in [9.17, 15) is 9.59 Å². The van der Waals surface area contributed by atoms with Crippen molar-refractivity contribution < 1.29 is 9.59 Å². The molecule has 4 nitrogen and oxygen atoms in total. The Morgan fingerprint density at radius 3 is 2.48 bits per heavy atom. The first-order valence-electron chi connectivity index (χ1n) is 7.41. The molecular formula is C18H19BrN2O2. The van der Waals surface area contributed by atoms with Gasteiger partial charge in [0.15, 0.2) is 0 Å². The molecule has 23 heavy (non-hydrogen) atoms. The Labute approximate surface area is 144 Å². The number of carbonyl (C=O) groups is 2. The maximum absolute atomic E-state index is 12.3. The number of anilines is 1. The molecule has 2 aromatic rings. The van der Waals surface area contributed by atoms with Crippen LogP contribution in [0, 0.1) is 5.92 Å². The van der Waals surface area contributed by atoms with Gasteiger partial charge in [-0.1, -0.05) is 48.0 Å². The Morgan fingerprint density at radius 2 is 1.78 bits per heavy atom. The number of rotatable bonds is 5. The monoisotopic (exact) mass is 374 g/mol. The van der Waals surface area contributed by atoms with E-state index in [1.807, 2.05) is 19.9 Å². The molecule has 5 heteroatoms. The van der Waals surface area contributed by atoms with E-state index in [-0.39, 0.29) is 11.8 Å². The van der Waals surface area contributed by atoms with Crippen LogP contribution in [0.2, 0.25) is 0 Å². The van der Waals surface area contributed by atoms with Crippen molar-refractivity contribution >= 4 is 33.4 Å². The Bertz CT molecular complexity index is 714. The molecule has 0 spiro atoms. The highest BCUT2D eigenvalue weighted by molar-refractivity contribution is 9.10. The fraction of sp³-hybridized carbons (Fsp3) is 0.222. The van der Waals surface area contributed by atoms with E-state index >= 15 is 0 Å². The molecule has 0 saturated heterocycles. The lowest BCUT2D eigenvalue weighted by Gasteiger charge is -2.12. The van der Waals surface area contributed by atoms with Crippen molar-refractivity contribution in [2.24, 2.45) is 5.92 Å². The molecule has 2 aromatic carbocycles. The van der Waals surface area contributed by atoms with E-state index in [0.29, 0.717) is 29.3 Å². The minimum Gasteiger partial charge on any atom is -0.352 e. The number of benzene rings is 2. The Balaban J connectivity index is 2.17. The van der Waals surface area contributed by atoms with E-state index in [2.05, 4.69) is 26.6 Å². The molecule has 0 aliphatic heterocycles. The van der Waals surface area contributed by atoms with E-state index in [0.717, 1.165) is 4.47 Å². The first-order valence-corrected chi connectivity index (χ1v) is 8.21. The molecule has 2 rings (SSSR count). The molecule has 0 saturated carbocycles. The second kappa shape index (κ2) is 7.92. The van der Waals surface area contributed by atoms with Crippen molar-refractivity contribution in [2.45, 2.75) is 13.8 Å². The number of hydrogen-bond acceptors (Lipinski definition) is 2. The van der Waals surface area contributed by atoms with Gasteiger partial charge in [-0.25, -0.2) is 0 Å². The third-order valence-electron chi connectivity index (χ3n) is 3.18. The molecule has 0 bridgehead atoms. The molecule has 0 aromatic heterocycles. The van der Waals surface area contributed by atoms with E-state index < -0.39 is 0 Å². The second-order valence-corrected chi connectivity index (χ2v) is 6.53. The van der Waals surface area contributed by atoms with Crippen LogP contribution >= 0.6 is 15.9 Å². The Hall–Kier alpha value is -2.14. The summed E-state index contributed by atoms with van der Waals surface area (Å²) in [6.07, 6.45) is 0. The van der Waals surface area contributed by atoms with Gasteiger partial charge in [0, 0.05) is 16.6 Å². The van der Waals surface area contributed by atoms with Crippen molar-refractivity contribution in [3.8, 4) is 0 Å². The van der Waals surface area contributed by atoms with E-state index in [1.165, 1.54) is 0 Å². The highest BCUT2D eigenvalue weighted by Crippen LogP contribution is 2.18. The number of carbonyl (C=O) groups excluding carboxylic acids is 2. The van der Waals surface area contributed by atoms with Gasteiger partial charge in [-0.05, 0) is 36.2 Å². The highest BCUT2D eigenvalue weighted by Gasteiger charge is 2.14. The van der Waals surface area contributed by atoms with Crippen LogP contribution in [-0.4, -0.2) is 18.4 Å². The van der Waals surface area contributed by atoms with Crippen LogP contribution in [0.3, 0.4) is 0 Å². The topological polar surface area (TPSA) is 58.2 Å². The predicted octanol–water partition coefficient (Wildman–Crippen LogP) is 4.09. The summed E-state index contributed by atoms with van der Waals surface area (Å²) in [5.74, 6) is -0.0818. The minimum absolute atomic E-state index is 0.191. The largest absolute Gasteiger partial charge is 0.352 e. The number of amides is 2. The maximum atomic E-state index is 12.3. The number of halogens is 1. The molecule has 0 unspecified atom stereocenters. The van der Waals surface area contributed by atoms with Gasteiger partial charge >= 0.3 is 0 Å². The average molecular weight is 375 g/mol. The number of para-hydroxylation sites is 1. The van der Waals surface area contributed by atoms with Crippen LogP contribution in [0.15, 0.2) is 53.0 Å². The fourth-order valence-corrected chi connectivity index (χ4v) is 2.41. The molecule has 0 aliphatic rings. The number of nitrogens with one attached hydrogen (secondary N) is 2. The second-order valence-electron chi connectivity index (χ2n) is 5.61. The van der Waals surface area contributed by atoms with E-state index in [1.54, 1.807) is 42.5 Å². The van der Waals surface area contributed by atoms with Gasteiger partial charge in [0.1, 0.15) is 0 Å². The molecule has 0 aliphatic carbocycles. The van der Waals surface area contributed by atoms with Gasteiger partial charge in [0.05, 0.1) is 11.3 Å². The van der Waals surface area contributed by atoms with Gasteiger partial charge < -0.3 is 10.6 Å². The van der Waals surface area contributed by atoms with Crippen LogP contribution in [-0.2, 0) is 0 Å². The lowest BCUT2D eigenvalue weighted by Crippen LogP contribution is -2.28. The van der Waals surface area contributed by atoms with Crippen molar-refractivity contribution in [1.82, 2.24) is 5.32 Å². The first-order chi connectivity index (χ1) is 11.0. The molecule has 0 atom stereocenters. The van der Waals surface area contributed by atoms with Crippen molar-refractivity contribution in [1.29, 1.82) is 0 Å². The summed E-state index contributed by atoms with van der Waals surface area (Å²) < 4.78 is 0.827. The molecule has 0 radical (unpaired) electrons. The molecule has 120 valence electrons. The lowest BCUT2D eigenvalue weighted by molar-refractivity contribution is 0.0950. The zero-order valence-electron chi connectivity index (χ0n) is 13.1. The van der Waals surface area contributed by atoms with Gasteiger partial charge in [0.25, 0.3) is 11.8 Å². The Kier molecular flexibility index (Phi) is 5.93. The summed E-state index contributed by atoms with van der Waals surface area (Å²) in [5, 5.41) is 5.67. The standard InChI is InChI=1S/C18H19BrN2O2/c1-12(2)11-20-18(23)15-8-3-4-9-16(15)21-17(22)13-6-5-7-14(19)10-13/h3-10,12H,11H2,1-2H3,(H,20,23)(H,21,22). The fourth-order valence-electron chi connectivity index (χ4n) is 2.01. The average Bonchev–Trinajstić information content (AvgIpc) is 2.53. The minimum atomic E-state index is -0.254. The van der Waals surface area contributed by atoms with Gasteiger partial charge in [-0.2, -0.15) is 0 Å². The molecule has 2 amide bonds. The van der Waals surface area contributed by atoms with Crippen LogP contribution in [0.4, 0.5) is 5.69 Å². The van der Waals surface area contributed by atoms with Crippen molar-refractivity contribution in [3.63, 3.8) is 0 Å². The maximum Gasteiger partial charge on any atom is 0.255 e. The predicted molar refractivity (Wildman–Crippen MR) is 95.7 cm³/mol. The zero-order valence-corrected chi connectivity index (χ0v) is 14.7. The number of hydrogen-bond donors (Lipinski definition) is 2. The summed E-state index contributed by atoms with van der Waals surface area (Å²) in [4.78, 5) is 24.6. The normalized spacial score (nSPS) is 10.4. The summed E-state index contributed by atoms with van der Waals surface area (Å²) in [6.45, 7) is 4.65. The lowest BCUT2D eigenvalue weighted by atomic mass is 10.1. The Morgan fingerprint density at radius 1 is 1.04 bits per heavy atom. The van der Waals surface area contributed by atoms with Gasteiger partial charge in [0.2, 0.25) is 0 Å². The third-order valence-corrected chi connectivity index (χ3v) is 3.67. The molecule has 0 heterocycles. The van der Waals surface area contributed by atoms with E-state index in [4.69, 9.17) is 0 Å². The summed E-state index contributed by atoms with van der Waals surface area (Å²) >= 11 is 3.34. The highest BCUT2D eigenvalue weighted by atomic mass is 79.9. The zero-order chi connectivity index (χ0) is 16.8.